The molecule has 4 heteroatoms. The maximum Gasteiger partial charge on any atom is 0.123 e. The highest BCUT2D eigenvalue weighted by atomic mass is 32.1. The third-order valence-electron chi connectivity index (χ3n) is 7.16. The molecule has 36 heavy (non-hydrogen) atoms. The highest BCUT2D eigenvalue weighted by Gasteiger charge is 2.28. The van der Waals surface area contributed by atoms with Crippen molar-refractivity contribution in [3.05, 3.63) is 117 Å². The molecule has 176 valence electrons. The van der Waals surface area contributed by atoms with E-state index in [-0.39, 0.29) is 11.6 Å². The smallest absolute Gasteiger partial charge is 0.123 e. The van der Waals surface area contributed by atoms with Gasteiger partial charge >= 0.3 is 0 Å². The minimum atomic E-state index is -0.182. The van der Waals surface area contributed by atoms with Gasteiger partial charge in [0.05, 0.1) is 0 Å². The SMILES string of the molecule is Fc1ccc(CCc2cc3ccc4c(c3s2)-c2ccc3cc(CCc5ccc(F)cc5)sc3c2-4)cc1. The van der Waals surface area contributed by atoms with Gasteiger partial charge in [0.25, 0.3) is 0 Å². The van der Waals surface area contributed by atoms with Gasteiger partial charge in [-0.05, 0) is 95.1 Å². The summed E-state index contributed by atoms with van der Waals surface area (Å²) in [5, 5.41) is 2.62. The molecule has 1 aliphatic rings. The number of fused-ring (bicyclic) bond motifs is 8. The number of thiophene rings is 2. The number of benzene rings is 4. The predicted octanol–water partition coefficient (Wildman–Crippen LogP) is 9.61. The number of aryl methyl sites for hydroxylation is 4. The van der Waals surface area contributed by atoms with E-state index in [0.29, 0.717) is 0 Å². The number of hydrogen-bond donors (Lipinski definition) is 0. The summed E-state index contributed by atoms with van der Waals surface area (Å²) in [4.78, 5) is 2.74. The summed E-state index contributed by atoms with van der Waals surface area (Å²) in [6.45, 7) is 0. The van der Waals surface area contributed by atoms with E-state index in [9.17, 15) is 8.78 Å². The van der Waals surface area contributed by atoms with Gasteiger partial charge in [-0.2, -0.15) is 0 Å². The Labute approximate surface area is 216 Å². The fourth-order valence-electron chi connectivity index (χ4n) is 5.29. The van der Waals surface area contributed by atoms with E-state index in [4.69, 9.17) is 0 Å². The van der Waals surface area contributed by atoms with E-state index in [0.717, 1.165) is 25.7 Å². The topological polar surface area (TPSA) is 0 Å². The summed E-state index contributed by atoms with van der Waals surface area (Å²) < 4.78 is 29.2. The molecular weight excluding hydrogens is 486 g/mol. The molecule has 0 nitrogen and oxygen atoms in total. The lowest BCUT2D eigenvalue weighted by atomic mass is 9.79. The van der Waals surface area contributed by atoms with Gasteiger partial charge in [-0.15, -0.1) is 22.7 Å². The van der Waals surface area contributed by atoms with Crippen molar-refractivity contribution in [1.29, 1.82) is 0 Å². The number of halogens is 2. The summed E-state index contributed by atoms with van der Waals surface area (Å²) in [5.41, 5.74) is 7.85. The van der Waals surface area contributed by atoms with E-state index in [2.05, 4.69) is 36.4 Å². The Kier molecular flexibility index (Phi) is 5.26. The summed E-state index contributed by atoms with van der Waals surface area (Å²) in [6.07, 6.45) is 3.77. The summed E-state index contributed by atoms with van der Waals surface area (Å²) in [5.74, 6) is -0.364. The summed E-state index contributed by atoms with van der Waals surface area (Å²) in [6, 6.07) is 27.4. The Morgan fingerprint density at radius 1 is 0.472 bits per heavy atom. The zero-order valence-electron chi connectivity index (χ0n) is 19.5. The van der Waals surface area contributed by atoms with Crippen molar-refractivity contribution in [2.45, 2.75) is 25.7 Å². The average molecular weight is 509 g/mol. The molecule has 7 rings (SSSR count). The van der Waals surface area contributed by atoms with Gasteiger partial charge in [0.15, 0.2) is 0 Å². The second-order valence-corrected chi connectivity index (χ2v) is 11.8. The largest absolute Gasteiger partial charge is 0.207 e. The first-order valence-electron chi connectivity index (χ1n) is 12.2. The molecule has 2 heterocycles. The van der Waals surface area contributed by atoms with Crippen molar-refractivity contribution in [3.8, 4) is 22.3 Å². The van der Waals surface area contributed by atoms with Crippen LogP contribution >= 0.6 is 22.7 Å². The molecule has 1 aliphatic carbocycles. The normalized spacial score (nSPS) is 12.1. The number of hydrogen-bond acceptors (Lipinski definition) is 2. The minimum Gasteiger partial charge on any atom is -0.207 e. The van der Waals surface area contributed by atoms with Gasteiger partial charge in [-0.1, -0.05) is 48.5 Å². The fraction of sp³-hybridized carbons (Fsp3) is 0.125. The van der Waals surface area contributed by atoms with Crippen molar-refractivity contribution in [1.82, 2.24) is 0 Å². The van der Waals surface area contributed by atoms with Gasteiger partial charge in [0.1, 0.15) is 11.6 Å². The molecule has 0 atom stereocenters. The highest BCUT2D eigenvalue weighted by molar-refractivity contribution is 7.20. The lowest BCUT2D eigenvalue weighted by molar-refractivity contribution is 0.626. The van der Waals surface area contributed by atoms with Crippen LogP contribution < -0.4 is 0 Å². The molecule has 0 N–H and O–H groups in total. The van der Waals surface area contributed by atoms with Crippen molar-refractivity contribution in [2.75, 3.05) is 0 Å². The molecular formula is C32H22F2S2. The van der Waals surface area contributed by atoms with Gasteiger partial charge in [0, 0.05) is 30.3 Å². The number of rotatable bonds is 6. The van der Waals surface area contributed by atoms with Crippen molar-refractivity contribution < 1.29 is 8.78 Å². The predicted molar refractivity (Wildman–Crippen MR) is 149 cm³/mol. The molecule has 0 saturated heterocycles. The van der Waals surface area contributed by atoms with Crippen LogP contribution in [-0.4, -0.2) is 0 Å². The molecule has 4 aromatic carbocycles. The lowest BCUT2D eigenvalue weighted by Gasteiger charge is -2.25. The van der Waals surface area contributed by atoms with Crippen LogP contribution in [0.25, 0.3) is 42.4 Å². The molecule has 0 unspecified atom stereocenters. The van der Waals surface area contributed by atoms with Crippen LogP contribution in [0.4, 0.5) is 8.78 Å². The second-order valence-electron chi connectivity index (χ2n) is 9.49. The maximum atomic E-state index is 13.2. The van der Waals surface area contributed by atoms with E-state index in [1.165, 1.54) is 63.3 Å². The minimum absolute atomic E-state index is 0.182. The zero-order valence-corrected chi connectivity index (χ0v) is 21.1. The Morgan fingerprint density at radius 3 is 1.31 bits per heavy atom. The van der Waals surface area contributed by atoms with E-state index >= 15 is 0 Å². The molecule has 0 amide bonds. The third kappa shape index (κ3) is 3.76. The molecule has 2 aromatic heterocycles. The maximum absolute atomic E-state index is 13.2. The van der Waals surface area contributed by atoms with Crippen LogP contribution in [0.1, 0.15) is 20.9 Å². The van der Waals surface area contributed by atoms with Crippen LogP contribution in [0.5, 0.6) is 0 Å². The zero-order chi connectivity index (χ0) is 24.2. The average Bonchev–Trinajstić information content (AvgIpc) is 3.47. The Hall–Kier alpha value is -3.34. The quantitative estimate of drug-likeness (QED) is 0.210. The van der Waals surface area contributed by atoms with E-state index in [1.54, 1.807) is 24.3 Å². The molecule has 0 fully saturated rings. The molecule has 0 saturated carbocycles. The van der Waals surface area contributed by atoms with Gasteiger partial charge in [-0.3, -0.25) is 0 Å². The van der Waals surface area contributed by atoms with Crippen LogP contribution in [0.3, 0.4) is 0 Å². The van der Waals surface area contributed by atoms with Crippen LogP contribution in [0.2, 0.25) is 0 Å². The van der Waals surface area contributed by atoms with E-state index < -0.39 is 0 Å². The van der Waals surface area contributed by atoms with Crippen molar-refractivity contribution in [2.24, 2.45) is 0 Å². The molecule has 6 aromatic rings. The van der Waals surface area contributed by atoms with E-state index in [1.807, 2.05) is 46.9 Å². The lowest BCUT2D eigenvalue weighted by Crippen LogP contribution is -1.98. The monoisotopic (exact) mass is 508 g/mol. The first-order valence-corrected chi connectivity index (χ1v) is 13.9. The standard InChI is InChI=1S/C32H22F2S2/c33-23-9-1-19(2-10-23)5-13-25-17-21-7-15-27-29(31(21)35-25)28-16-8-22-18-26(36-32(22)30(27)28)14-6-20-3-11-24(34)12-4-20/h1-4,7-12,15-18H,5-6,13-14H2. The molecule has 0 aliphatic heterocycles. The Balaban J connectivity index is 1.16. The first kappa shape index (κ1) is 21.9. The van der Waals surface area contributed by atoms with Crippen LogP contribution in [0, 0.1) is 11.6 Å². The third-order valence-corrected chi connectivity index (χ3v) is 9.62. The fourth-order valence-corrected chi connectivity index (χ4v) is 7.72. The Bertz CT molecular complexity index is 1590. The first-order chi connectivity index (χ1) is 17.6. The summed E-state index contributed by atoms with van der Waals surface area (Å²) >= 11 is 3.79. The summed E-state index contributed by atoms with van der Waals surface area (Å²) in [7, 11) is 0. The second kappa shape index (κ2) is 8.65. The van der Waals surface area contributed by atoms with Gasteiger partial charge in [-0.25, -0.2) is 8.78 Å². The highest BCUT2D eigenvalue weighted by Crippen LogP contribution is 2.56. The molecule has 0 radical (unpaired) electrons. The van der Waals surface area contributed by atoms with Crippen LogP contribution in [0.15, 0.2) is 84.9 Å². The Morgan fingerprint density at radius 2 is 0.889 bits per heavy atom. The van der Waals surface area contributed by atoms with Crippen LogP contribution in [-0.2, 0) is 25.7 Å². The van der Waals surface area contributed by atoms with Crippen molar-refractivity contribution >= 4 is 42.8 Å². The van der Waals surface area contributed by atoms with Gasteiger partial charge < -0.3 is 0 Å². The van der Waals surface area contributed by atoms with Gasteiger partial charge in [0.2, 0.25) is 0 Å². The molecule has 0 spiro atoms. The van der Waals surface area contributed by atoms with Crippen molar-refractivity contribution in [3.63, 3.8) is 0 Å². The molecule has 0 bridgehead atoms.